The predicted molar refractivity (Wildman–Crippen MR) is 83.1 cm³/mol. The van der Waals surface area contributed by atoms with E-state index in [1.807, 2.05) is 10.9 Å². The average molecular weight is 345 g/mol. The standard InChI is InChI=1S/C14H25BrN4O/c1-20-9-8-19-14(12(15)10-17-19)13(18-16)7-6-11-4-2-3-5-11/h10-11,13,18H,2-9,16H2,1H3. The molecule has 1 saturated carbocycles. The lowest BCUT2D eigenvalue weighted by molar-refractivity contribution is 0.181. The lowest BCUT2D eigenvalue weighted by Gasteiger charge is -2.20. The minimum absolute atomic E-state index is 0.143. The molecule has 0 amide bonds. The molecule has 2 rings (SSSR count). The summed E-state index contributed by atoms with van der Waals surface area (Å²) in [7, 11) is 1.71. The van der Waals surface area contributed by atoms with Crippen molar-refractivity contribution in [1.82, 2.24) is 15.2 Å². The largest absolute Gasteiger partial charge is 0.383 e. The molecule has 0 saturated heterocycles. The number of nitrogens with two attached hydrogens (primary N) is 1. The molecule has 0 spiro atoms. The molecule has 0 aromatic carbocycles. The third-order valence-corrected chi connectivity index (χ3v) is 4.82. The van der Waals surface area contributed by atoms with E-state index < -0.39 is 0 Å². The third kappa shape index (κ3) is 4.04. The second-order valence-electron chi connectivity index (χ2n) is 5.54. The van der Waals surface area contributed by atoms with Crippen LogP contribution in [0.25, 0.3) is 0 Å². The SMILES string of the molecule is COCCn1ncc(Br)c1C(CCC1CCCC1)NN. The number of rotatable bonds is 8. The number of methoxy groups -OCH3 is 1. The molecule has 114 valence electrons. The normalized spacial score (nSPS) is 17.8. The van der Waals surface area contributed by atoms with Gasteiger partial charge in [-0.2, -0.15) is 5.10 Å². The van der Waals surface area contributed by atoms with E-state index in [2.05, 4.69) is 26.5 Å². The fraction of sp³-hybridized carbons (Fsp3) is 0.786. The summed E-state index contributed by atoms with van der Waals surface area (Å²) in [5.74, 6) is 6.65. The summed E-state index contributed by atoms with van der Waals surface area (Å²) in [6, 6.07) is 0.143. The van der Waals surface area contributed by atoms with E-state index in [1.54, 1.807) is 7.11 Å². The van der Waals surface area contributed by atoms with Gasteiger partial charge in [-0.05, 0) is 34.7 Å². The molecule has 1 atom stereocenters. The number of hydrogen-bond donors (Lipinski definition) is 2. The first kappa shape index (κ1) is 15.9. The number of nitrogens with zero attached hydrogens (tertiary/aromatic N) is 2. The summed E-state index contributed by atoms with van der Waals surface area (Å²) in [6.07, 6.45) is 9.66. The summed E-state index contributed by atoms with van der Waals surface area (Å²) in [5.41, 5.74) is 4.08. The molecule has 1 aliphatic rings. The highest BCUT2D eigenvalue weighted by molar-refractivity contribution is 9.10. The Morgan fingerprint density at radius 1 is 1.55 bits per heavy atom. The van der Waals surface area contributed by atoms with Gasteiger partial charge in [-0.1, -0.05) is 25.7 Å². The molecular formula is C14H25BrN4O. The van der Waals surface area contributed by atoms with Crippen molar-refractivity contribution < 1.29 is 4.74 Å². The second-order valence-corrected chi connectivity index (χ2v) is 6.40. The van der Waals surface area contributed by atoms with Gasteiger partial charge in [-0.25, -0.2) is 0 Å². The van der Waals surface area contributed by atoms with E-state index in [0.29, 0.717) is 6.61 Å². The van der Waals surface area contributed by atoms with Crippen LogP contribution in [0.1, 0.15) is 50.3 Å². The summed E-state index contributed by atoms with van der Waals surface area (Å²) in [5, 5.41) is 4.40. The first-order valence-electron chi connectivity index (χ1n) is 7.42. The van der Waals surface area contributed by atoms with Crippen LogP contribution in [0.3, 0.4) is 0 Å². The number of hydrazine groups is 1. The van der Waals surface area contributed by atoms with Crippen molar-refractivity contribution in [3.8, 4) is 0 Å². The summed E-state index contributed by atoms with van der Waals surface area (Å²) < 4.78 is 8.13. The predicted octanol–water partition coefficient (Wildman–Crippen LogP) is 2.77. The lowest BCUT2D eigenvalue weighted by atomic mass is 9.97. The van der Waals surface area contributed by atoms with Crippen LogP contribution in [-0.2, 0) is 11.3 Å². The van der Waals surface area contributed by atoms with E-state index >= 15 is 0 Å². The van der Waals surface area contributed by atoms with Gasteiger partial charge in [0, 0.05) is 7.11 Å². The van der Waals surface area contributed by atoms with Crippen LogP contribution in [0.4, 0.5) is 0 Å². The van der Waals surface area contributed by atoms with Gasteiger partial charge in [0.25, 0.3) is 0 Å². The topological polar surface area (TPSA) is 65.1 Å². The average Bonchev–Trinajstić information content (AvgIpc) is 3.08. The lowest BCUT2D eigenvalue weighted by Crippen LogP contribution is -2.31. The van der Waals surface area contributed by atoms with Crippen LogP contribution in [0.2, 0.25) is 0 Å². The Kier molecular flexibility index (Phi) is 6.48. The molecule has 1 aromatic heterocycles. The van der Waals surface area contributed by atoms with Crippen molar-refractivity contribution in [2.75, 3.05) is 13.7 Å². The maximum atomic E-state index is 5.77. The molecular weight excluding hydrogens is 320 g/mol. The van der Waals surface area contributed by atoms with Gasteiger partial charge >= 0.3 is 0 Å². The maximum absolute atomic E-state index is 5.77. The van der Waals surface area contributed by atoms with Crippen molar-refractivity contribution in [2.24, 2.45) is 11.8 Å². The molecule has 1 unspecified atom stereocenters. The van der Waals surface area contributed by atoms with Crippen molar-refractivity contribution in [1.29, 1.82) is 0 Å². The van der Waals surface area contributed by atoms with Gasteiger partial charge in [-0.3, -0.25) is 16.0 Å². The van der Waals surface area contributed by atoms with Gasteiger partial charge in [0.15, 0.2) is 0 Å². The van der Waals surface area contributed by atoms with E-state index in [-0.39, 0.29) is 6.04 Å². The molecule has 6 heteroatoms. The number of ether oxygens (including phenoxy) is 1. The van der Waals surface area contributed by atoms with E-state index in [1.165, 1.54) is 32.1 Å². The first-order chi connectivity index (χ1) is 9.76. The van der Waals surface area contributed by atoms with Gasteiger partial charge in [-0.15, -0.1) is 0 Å². The van der Waals surface area contributed by atoms with Crippen LogP contribution >= 0.6 is 15.9 Å². The number of nitrogens with one attached hydrogen (secondary N) is 1. The quantitative estimate of drug-likeness (QED) is 0.562. The second kappa shape index (κ2) is 8.12. The van der Waals surface area contributed by atoms with E-state index in [0.717, 1.165) is 29.1 Å². The van der Waals surface area contributed by atoms with Crippen LogP contribution in [0.15, 0.2) is 10.7 Å². The molecule has 0 aliphatic heterocycles. The monoisotopic (exact) mass is 344 g/mol. The van der Waals surface area contributed by atoms with Gasteiger partial charge in [0.2, 0.25) is 0 Å². The fourth-order valence-corrected chi connectivity index (χ4v) is 3.65. The zero-order valence-corrected chi connectivity index (χ0v) is 13.7. The maximum Gasteiger partial charge on any atom is 0.0710 e. The molecule has 1 fully saturated rings. The molecule has 3 N–H and O–H groups in total. The van der Waals surface area contributed by atoms with Crippen molar-refractivity contribution in [2.45, 2.75) is 51.1 Å². The Labute approximate surface area is 129 Å². The fourth-order valence-electron chi connectivity index (χ4n) is 3.07. The zero-order chi connectivity index (χ0) is 14.4. The highest BCUT2D eigenvalue weighted by Crippen LogP contribution is 2.33. The van der Waals surface area contributed by atoms with E-state index in [9.17, 15) is 0 Å². The highest BCUT2D eigenvalue weighted by Gasteiger charge is 2.22. The third-order valence-electron chi connectivity index (χ3n) is 4.21. The smallest absolute Gasteiger partial charge is 0.0710 e. The van der Waals surface area contributed by atoms with Crippen LogP contribution in [0.5, 0.6) is 0 Å². The number of aromatic nitrogens is 2. The summed E-state index contributed by atoms with van der Waals surface area (Å²) in [6.45, 7) is 1.40. The summed E-state index contributed by atoms with van der Waals surface area (Å²) in [4.78, 5) is 0. The van der Waals surface area contributed by atoms with Crippen LogP contribution < -0.4 is 11.3 Å². The van der Waals surface area contributed by atoms with Crippen LogP contribution in [-0.4, -0.2) is 23.5 Å². The van der Waals surface area contributed by atoms with Crippen molar-refractivity contribution in [3.63, 3.8) is 0 Å². The Morgan fingerprint density at radius 2 is 2.30 bits per heavy atom. The Balaban J connectivity index is 1.99. The van der Waals surface area contributed by atoms with Gasteiger partial charge in [0.05, 0.1) is 35.6 Å². The Bertz CT molecular complexity index is 404. The first-order valence-corrected chi connectivity index (χ1v) is 8.21. The highest BCUT2D eigenvalue weighted by atomic mass is 79.9. The molecule has 5 nitrogen and oxygen atoms in total. The Hall–Kier alpha value is -0.430. The minimum Gasteiger partial charge on any atom is -0.383 e. The zero-order valence-electron chi connectivity index (χ0n) is 12.1. The van der Waals surface area contributed by atoms with Gasteiger partial charge in [0.1, 0.15) is 0 Å². The Morgan fingerprint density at radius 3 is 2.95 bits per heavy atom. The van der Waals surface area contributed by atoms with E-state index in [4.69, 9.17) is 10.6 Å². The van der Waals surface area contributed by atoms with Crippen LogP contribution in [0, 0.1) is 5.92 Å². The molecule has 1 aliphatic carbocycles. The molecule has 0 bridgehead atoms. The molecule has 20 heavy (non-hydrogen) atoms. The van der Waals surface area contributed by atoms with Gasteiger partial charge < -0.3 is 4.74 Å². The van der Waals surface area contributed by atoms with Crippen molar-refractivity contribution >= 4 is 15.9 Å². The molecule has 1 aromatic rings. The molecule has 0 radical (unpaired) electrons. The van der Waals surface area contributed by atoms with Crippen molar-refractivity contribution in [3.05, 3.63) is 16.4 Å². The number of halogens is 1. The minimum atomic E-state index is 0.143. The summed E-state index contributed by atoms with van der Waals surface area (Å²) >= 11 is 3.58. The molecule has 1 heterocycles. The number of hydrogen-bond acceptors (Lipinski definition) is 4.